The van der Waals surface area contributed by atoms with Gasteiger partial charge in [0.25, 0.3) is 0 Å². The summed E-state index contributed by atoms with van der Waals surface area (Å²) in [5.74, 6) is 0.599. The Morgan fingerprint density at radius 2 is 1.68 bits per heavy atom. The topological polar surface area (TPSA) is 69.0 Å². The van der Waals surface area contributed by atoms with Crippen LogP contribution in [0.4, 0.5) is 11.4 Å². The van der Waals surface area contributed by atoms with Gasteiger partial charge in [0.15, 0.2) is 5.16 Å². The first-order chi connectivity index (χ1) is 16.6. The molecule has 0 bridgehead atoms. The van der Waals surface area contributed by atoms with Gasteiger partial charge in [-0.05, 0) is 42.8 Å². The summed E-state index contributed by atoms with van der Waals surface area (Å²) in [7, 11) is 0. The number of benzene rings is 3. The maximum absolute atomic E-state index is 11.9. The van der Waals surface area contributed by atoms with Crippen molar-refractivity contribution in [2.24, 2.45) is 0 Å². The third-order valence-electron chi connectivity index (χ3n) is 4.93. The number of halogens is 2. The van der Waals surface area contributed by atoms with Crippen LogP contribution in [0.3, 0.4) is 0 Å². The minimum Gasteiger partial charge on any atom is -0.465 e. The minimum absolute atomic E-state index is 0.155. The Morgan fingerprint density at radius 3 is 2.41 bits per heavy atom. The highest BCUT2D eigenvalue weighted by molar-refractivity contribution is 7.99. The van der Waals surface area contributed by atoms with Gasteiger partial charge in [-0.1, -0.05) is 77.4 Å². The number of ether oxygens (including phenoxy) is 1. The molecule has 0 aliphatic rings. The molecular weight excluding hydrogens is 491 g/mol. The standard InChI is InChI=1S/C25H22Cl2N4O2S/c1-2-33-23(32)16-34-25-30-29-22(31(25)18-10-4-3-5-11-18)15-17-9-6-7-14-21(17)28-24-19(26)12-8-13-20(24)27/h3-14,28H,2,15-16H2,1H3. The summed E-state index contributed by atoms with van der Waals surface area (Å²) >= 11 is 14.0. The van der Waals surface area contributed by atoms with Gasteiger partial charge in [0.1, 0.15) is 5.82 Å². The second kappa shape index (κ2) is 11.4. The predicted octanol–water partition coefficient (Wildman–Crippen LogP) is 6.56. The van der Waals surface area contributed by atoms with Crippen molar-refractivity contribution in [2.45, 2.75) is 18.5 Å². The van der Waals surface area contributed by atoms with Crippen molar-refractivity contribution in [1.29, 1.82) is 0 Å². The first-order valence-electron chi connectivity index (χ1n) is 10.6. The van der Waals surface area contributed by atoms with Crippen LogP contribution in [0.25, 0.3) is 5.69 Å². The summed E-state index contributed by atoms with van der Waals surface area (Å²) in [4.78, 5) is 11.9. The van der Waals surface area contributed by atoms with Crippen molar-refractivity contribution in [3.63, 3.8) is 0 Å². The van der Waals surface area contributed by atoms with Gasteiger partial charge in [-0.15, -0.1) is 10.2 Å². The number of hydrogen-bond acceptors (Lipinski definition) is 6. The van der Waals surface area contributed by atoms with Gasteiger partial charge < -0.3 is 10.1 Å². The normalized spacial score (nSPS) is 10.8. The predicted molar refractivity (Wildman–Crippen MR) is 138 cm³/mol. The van der Waals surface area contributed by atoms with E-state index in [1.165, 1.54) is 11.8 Å². The molecule has 0 atom stereocenters. The summed E-state index contributed by atoms with van der Waals surface area (Å²) in [6.45, 7) is 2.13. The molecular formula is C25H22Cl2N4O2S. The molecule has 0 amide bonds. The molecule has 174 valence electrons. The second-order valence-corrected chi connectivity index (χ2v) is 8.98. The lowest BCUT2D eigenvalue weighted by Gasteiger charge is -2.15. The second-order valence-electron chi connectivity index (χ2n) is 7.22. The van der Waals surface area contributed by atoms with Crippen molar-refractivity contribution in [1.82, 2.24) is 14.8 Å². The average molecular weight is 513 g/mol. The van der Waals surface area contributed by atoms with Crippen molar-refractivity contribution in [3.05, 3.63) is 94.2 Å². The molecule has 0 saturated heterocycles. The quantitative estimate of drug-likeness (QED) is 0.202. The molecule has 0 aliphatic heterocycles. The molecule has 0 radical (unpaired) electrons. The lowest BCUT2D eigenvalue weighted by Crippen LogP contribution is -2.09. The molecule has 0 unspecified atom stereocenters. The number of nitrogens with one attached hydrogen (secondary N) is 1. The number of rotatable bonds is 9. The smallest absolute Gasteiger partial charge is 0.316 e. The first-order valence-corrected chi connectivity index (χ1v) is 12.4. The van der Waals surface area contributed by atoms with E-state index in [2.05, 4.69) is 15.5 Å². The third kappa shape index (κ3) is 5.73. The Morgan fingerprint density at radius 1 is 0.971 bits per heavy atom. The Balaban J connectivity index is 1.66. The Hall–Kier alpha value is -3.00. The van der Waals surface area contributed by atoms with Crippen LogP contribution < -0.4 is 5.32 Å². The number of hydrogen-bond donors (Lipinski definition) is 1. The molecule has 4 rings (SSSR count). The highest BCUT2D eigenvalue weighted by atomic mass is 35.5. The Bertz CT molecular complexity index is 1260. The van der Waals surface area contributed by atoms with Gasteiger partial charge in [0.2, 0.25) is 0 Å². The number of thioether (sulfide) groups is 1. The van der Waals surface area contributed by atoms with Crippen LogP contribution in [-0.2, 0) is 16.0 Å². The van der Waals surface area contributed by atoms with Crippen molar-refractivity contribution in [3.8, 4) is 5.69 Å². The number of nitrogens with zero attached hydrogens (tertiary/aromatic N) is 3. The highest BCUT2D eigenvalue weighted by Gasteiger charge is 2.18. The minimum atomic E-state index is -0.289. The largest absolute Gasteiger partial charge is 0.465 e. The van der Waals surface area contributed by atoms with E-state index in [1.54, 1.807) is 25.1 Å². The summed E-state index contributed by atoms with van der Waals surface area (Å²) in [5.41, 5.74) is 3.41. The van der Waals surface area contributed by atoms with Gasteiger partial charge in [-0.2, -0.15) is 0 Å². The molecule has 0 aliphatic carbocycles. The van der Waals surface area contributed by atoms with Crippen LogP contribution in [0, 0.1) is 0 Å². The average Bonchev–Trinajstić information content (AvgIpc) is 3.24. The molecule has 1 aromatic heterocycles. The lowest BCUT2D eigenvalue weighted by molar-refractivity contribution is -0.139. The van der Waals surface area contributed by atoms with Crippen LogP contribution >= 0.6 is 35.0 Å². The van der Waals surface area contributed by atoms with Gasteiger partial charge in [-0.25, -0.2) is 0 Å². The van der Waals surface area contributed by atoms with E-state index in [0.29, 0.717) is 33.9 Å². The summed E-state index contributed by atoms with van der Waals surface area (Å²) in [6, 6.07) is 23.1. The van der Waals surface area contributed by atoms with E-state index in [4.69, 9.17) is 27.9 Å². The monoisotopic (exact) mass is 512 g/mol. The van der Waals surface area contributed by atoms with E-state index in [0.717, 1.165) is 22.8 Å². The number of para-hydroxylation sites is 3. The number of esters is 1. The summed E-state index contributed by atoms with van der Waals surface area (Å²) in [5, 5.41) is 13.9. The van der Waals surface area contributed by atoms with E-state index in [9.17, 15) is 4.79 Å². The highest BCUT2D eigenvalue weighted by Crippen LogP contribution is 2.34. The van der Waals surface area contributed by atoms with Crippen molar-refractivity contribution in [2.75, 3.05) is 17.7 Å². The molecule has 1 N–H and O–H groups in total. The molecule has 6 nitrogen and oxygen atoms in total. The number of carbonyl (C=O) groups excluding carboxylic acids is 1. The third-order valence-corrected chi connectivity index (χ3v) is 6.46. The summed E-state index contributed by atoms with van der Waals surface area (Å²) in [6.07, 6.45) is 0.493. The van der Waals surface area contributed by atoms with Crippen LogP contribution in [0.2, 0.25) is 10.0 Å². The van der Waals surface area contributed by atoms with Gasteiger partial charge in [-0.3, -0.25) is 9.36 Å². The van der Waals surface area contributed by atoms with Crippen LogP contribution in [0.1, 0.15) is 18.3 Å². The maximum atomic E-state index is 11.9. The fraction of sp³-hybridized carbons (Fsp3) is 0.160. The maximum Gasteiger partial charge on any atom is 0.316 e. The first kappa shape index (κ1) is 24.1. The molecule has 0 saturated carbocycles. The van der Waals surface area contributed by atoms with Crippen LogP contribution in [-0.4, -0.2) is 33.1 Å². The zero-order valence-electron chi connectivity index (χ0n) is 18.4. The fourth-order valence-corrected chi connectivity index (χ4v) is 4.65. The molecule has 3 aromatic carbocycles. The number of aromatic nitrogens is 3. The molecule has 34 heavy (non-hydrogen) atoms. The lowest BCUT2D eigenvalue weighted by atomic mass is 10.1. The van der Waals surface area contributed by atoms with Crippen molar-refractivity contribution < 1.29 is 9.53 Å². The zero-order chi connectivity index (χ0) is 23.9. The SMILES string of the molecule is CCOC(=O)CSc1nnc(Cc2ccccc2Nc2c(Cl)cccc2Cl)n1-c1ccccc1. The number of anilines is 2. The molecule has 9 heteroatoms. The summed E-state index contributed by atoms with van der Waals surface area (Å²) < 4.78 is 7.02. The van der Waals surface area contributed by atoms with E-state index in [-0.39, 0.29) is 11.7 Å². The van der Waals surface area contributed by atoms with Gasteiger partial charge >= 0.3 is 5.97 Å². The Kier molecular flexibility index (Phi) is 8.11. The Labute approximate surface area is 212 Å². The molecule has 0 spiro atoms. The fourth-order valence-electron chi connectivity index (χ4n) is 3.39. The van der Waals surface area contributed by atoms with Gasteiger partial charge in [0.05, 0.1) is 28.1 Å². The molecule has 1 heterocycles. The number of carbonyl (C=O) groups is 1. The van der Waals surface area contributed by atoms with Crippen LogP contribution in [0.15, 0.2) is 78.0 Å². The van der Waals surface area contributed by atoms with Crippen molar-refractivity contribution >= 4 is 52.3 Å². The molecule has 4 aromatic rings. The van der Waals surface area contributed by atoms with Crippen LogP contribution in [0.5, 0.6) is 0 Å². The van der Waals surface area contributed by atoms with Gasteiger partial charge in [0, 0.05) is 17.8 Å². The zero-order valence-corrected chi connectivity index (χ0v) is 20.7. The van der Waals surface area contributed by atoms with E-state index < -0.39 is 0 Å². The molecule has 0 fully saturated rings. The van der Waals surface area contributed by atoms with E-state index in [1.807, 2.05) is 59.2 Å². The van der Waals surface area contributed by atoms with E-state index >= 15 is 0 Å².